The minimum absolute atomic E-state index is 0.238. The number of benzene rings is 2. The lowest BCUT2D eigenvalue weighted by Gasteiger charge is -2.12. The fourth-order valence-corrected chi connectivity index (χ4v) is 4.28. The second-order valence-electron chi connectivity index (χ2n) is 6.17. The third-order valence-corrected chi connectivity index (χ3v) is 5.57. The predicted molar refractivity (Wildman–Crippen MR) is 101 cm³/mol. The zero-order valence-corrected chi connectivity index (χ0v) is 16.0. The van der Waals surface area contributed by atoms with Crippen molar-refractivity contribution in [1.29, 1.82) is 0 Å². The summed E-state index contributed by atoms with van der Waals surface area (Å²) in [7, 11) is 1.40. The van der Waals surface area contributed by atoms with Crippen LogP contribution in [0.4, 0.5) is 0 Å². The van der Waals surface area contributed by atoms with Crippen LogP contribution >= 0.6 is 7.80 Å². The number of methoxy groups -OCH3 is 2. The normalized spacial score (nSPS) is 11.3. The van der Waals surface area contributed by atoms with E-state index in [1.165, 1.54) is 14.2 Å². The van der Waals surface area contributed by atoms with Crippen molar-refractivity contribution in [3.8, 4) is 11.5 Å². The Hall–Kier alpha value is -2.19. The van der Waals surface area contributed by atoms with Gasteiger partial charge < -0.3 is 9.47 Å². The molecule has 0 heterocycles. The molecule has 25 heavy (non-hydrogen) atoms. The highest BCUT2D eigenvalue weighted by Crippen LogP contribution is 2.32. The second-order valence-corrected chi connectivity index (χ2v) is 7.85. The molecule has 0 aromatic heterocycles. The first-order valence-electron chi connectivity index (χ1n) is 8.29. The van der Waals surface area contributed by atoms with E-state index < -0.39 is 7.80 Å². The van der Waals surface area contributed by atoms with E-state index in [1.807, 2.05) is 6.07 Å². The maximum Gasteiger partial charge on any atom is 0.377 e. The van der Waals surface area contributed by atoms with E-state index in [1.54, 1.807) is 36.4 Å². The molecule has 1 atom stereocenters. The van der Waals surface area contributed by atoms with Crippen molar-refractivity contribution < 1.29 is 18.8 Å². The maximum atomic E-state index is 13.2. The molecule has 2 aromatic rings. The third kappa shape index (κ3) is 4.46. The van der Waals surface area contributed by atoms with Crippen molar-refractivity contribution in [2.45, 2.75) is 20.3 Å². The van der Waals surface area contributed by atoms with Gasteiger partial charge in [-0.15, -0.1) is 0 Å². The van der Waals surface area contributed by atoms with E-state index >= 15 is 0 Å². The van der Waals surface area contributed by atoms with Gasteiger partial charge in [0.05, 0.1) is 19.8 Å². The summed E-state index contributed by atoms with van der Waals surface area (Å²) in [6.45, 7) is 4.19. The van der Waals surface area contributed by atoms with Crippen LogP contribution in [0.1, 0.15) is 36.2 Å². The summed E-state index contributed by atoms with van der Waals surface area (Å²) < 4.78 is 23.4. The average molecular weight is 359 g/mol. The van der Waals surface area contributed by atoms with Crippen molar-refractivity contribution in [3.05, 3.63) is 53.6 Å². The standard InChI is InChI=1S/C20H24O4P/c1-14(2)12-13-25(22)18-11-6-5-8-15(18)20(21)19-16(23-3)9-7-10-17(19)24-4/h5-11,14H,12-13H2,1-4H3/q+1. The number of hydrogen-bond donors (Lipinski definition) is 0. The van der Waals surface area contributed by atoms with Gasteiger partial charge in [-0.3, -0.25) is 4.79 Å². The number of rotatable bonds is 8. The molecule has 132 valence electrons. The van der Waals surface area contributed by atoms with Crippen LogP contribution in [0.3, 0.4) is 0 Å². The topological polar surface area (TPSA) is 52.6 Å². The smallest absolute Gasteiger partial charge is 0.377 e. The third-order valence-electron chi connectivity index (χ3n) is 3.98. The van der Waals surface area contributed by atoms with E-state index in [4.69, 9.17) is 9.47 Å². The molecule has 0 saturated carbocycles. The Labute approximate surface area is 150 Å². The van der Waals surface area contributed by atoms with Crippen LogP contribution in [0, 0.1) is 5.92 Å². The molecule has 2 aromatic carbocycles. The molecular weight excluding hydrogens is 335 g/mol. The van der Waals surface area contributed by atoms with Gasteiger partial charge in [0.25, 0.3) is 0 Å². The molecule has 0 amide bonds. The number of carbonyl (C=O) groups is 1. The molecular formula is C20H24O4P+. The van der Waals surface area contributed by atoms with Crippen molar-refractivity contribution in [2.75, 3.05) is 20.4 Å². The van der Waals surface area contributed by atoms with Gasteiger partial charge in [-0.25, -0.2) is 0 Å². The lowest BCUT2D eigenvalue weighted by atomic mass is 10.0. The fourth-order valence-electron chi connectivity index (χ4n) is 2.59. The minimum atomic E-state index is -1.63. The minimum Gasteiger partial charge on any atom is -0.496 e. The van der Waals surface area contributed by atoms with Crippen LogP contribution in [0.25, 0.3) is 0 Å². The first kappa shape index (κ1) is 19.1. The Kier molecular flexibility index (Phi) is 6.72. The average Bonchev–Trinajstić information content (AvgIpc) is 2.64. The van der Waals surface area contributed by atoms with Crippen LogP contribution in [0.2, 0.25) is 0 Å². The van der Waals surface area contributed by atoms with Gasteiger partial charge in [0.15, 0.2) is 6.16 Å². The SMILES string of the molecule is COc1cccc(OC)c1C(=O)c1ccccc1[P+](=O)CCC(C)C. The zero-order valence-electron chi connectivity index (χ0n) is 15.1. The van der Waals surface area contributed by atoms with Crippen molar-refractivity contribution in [2.24, 2.45) is 5.92 Å². The van der Waals surface area contributed by atoms with Crippen molar-refractivity contribution in [1.82, 2.24) is 0 Å². The second kappa shape index (κ2) is 8.77. The van der Waals surface area contributed by atoms with Gasteiger partial charge in [0, 0.05) is 0 Å². The highest BCUT2D eigenvalue weighted by atomic mass is 31.1. The van der Waals surface area contributed by atoms with Gasteiger partial charge in [-0.05, 0) is 36.6 Å². The molecule has 4 nitrogen and oxygen atoms in total. The Morgan fingerprint density at radius 1 is 1.00 bits per heavy atom. The van der Waals surface area contributed by atoms with E-state index in [-0.39, 0.29) is 5.78 Å². The van der Waals surface area contributed by atoms with Gasteiger partial charge in [0.2, 0.25) is 11.1 Å². The molecule has 0 aliphatic rings. The molecule has 0 saturated heterocycles. The lowest BCUT2D eigenvalue weighted by molar-refractivity contribution is 0.103. The Morgan fingerprint density at radius 2 is 1.60 bits per heavy atom. The van der Waals surface area contributed by atoms with Crippen LogP contribution in [-0.2, 0) is 4.57 Å². The van der Waals surface area contributed by atoms with Crippen molar-refractivity contribution in [3.63, 3.8) is 0 Å². The molecule has 0 bridgehead atoms. The molecule has 0 radical (unpaired) electrons. The van der Waals surface area contributed by atoms with Gasteiger partial charge >= 0.3 is 7.80 Å². The molecule has 0 aliphatic carbocycles. The van der Waals surface area contributed by atoms with Gasteiger partial charge in [0.1, 0.15) is 17.1 Å². The van der Waals surface area contributed by atoms with Crippen LogP contribution in [-0.4, -0.2) is 26.2 Å². The van der Waals surface area contributed by atoms with Crippen LogP contribution in [0.15, 0.2) is 42.5 Å². The Bertz CT molecular complexity index is 746. The van der Waals surface area contributed by atoms with Gasteiger partial charge in [-0.2, -0.15) is 0 Å². The zero-order chi connectivity index (χ0) is 18.4. The maximum absolute atomic E-state index is 13.2. The summed E-state index contributed by atoms with van der Waals surface area (Å²) in [6, 6.07) is 12.3. The first-order chi connectivity index (χ1) is 12.0. The Balaban J connectivity index is 2.46. The van der Waals surface area contributed by atoms with Crippen molar-refractivity contribution >= 4 is 18.9 Å². The monoisotopic (exact) mass is 359 g/mol. The quantitative estimate of drug-likeness (QED) is 0.517. The largest absolute Gasteiger partial charge is 0.496 e. The summed E-state index contributed by atoms with van der Waals surface area (Å²) in [4.78, 5) is 13.2. The number of ketones is 1. The first-order valence-corrected chi connectivity index (χ1v) is 9.73. The number of ether oxygens (including phenoxy) is 2. The van der Waals surface area contributed by atoms with Crippen LogP contribution < -0.4 is 14.8 Å². The number of carbonyl (C=O) groups excluding carboxylic acids is 1. The highest BCUT2D eigenvalue weighted by molar-refractivity contribution is 7.53. The predicted octanol–water partition coefficient (Wildman–Crippen LogP) is 4.43. The summed E-state index contributed by atoms with van der Waals surface area (Å²) in [5, 5.41) is 0.594. The summed E-state index contributed by atoms with van der Waals surface area (Å²) in [5.41, 5.74) is 0.794. The molecule has 0 aliphatic heterocycles. The molecule has 1 unspecified atom stereocenters. The molecule has 0 N–H and O–H groups in total. The molecule has 2 rings (SSSR count). The van der Waals surface area contributed by atoms with E-state index in [0.29, 0.717) is 40.0 Å². The number of hydrogen-bond acceptors (Lipinski definition) is 4. The van der Waals surface area contributed by atoms with Crippen LogP contribution in [0.5, 0.6) is 11.5 Å². The Morgan fingerprint density at radius 3 is 2.16 bits per heavy atom. The fraction of sp³-hybridized carbons (Fsp3) is 0.350. The molecule has 5 heteroatoms. The molecule has 0 spiro atoms. The van der Waals surface area contributed by atoms with Gasteiger partial charge in [-0.1, -0.05) is 36.6 Å². The van der Waals surface area contributed by atoms with E-state index in [2.05, 4.69) is 13.8 Å². The summed E-state index contributed by atoms with van der Waals surface area (Å²) >= 11 is 0. The lowest BCUT2D eigenvalue weighted by Crippen LogP contribution is -2.16. The summed E-state index contributed by atoms with van der Waals surface area (Å²) in [6.07, 6.45) is 1.43. The molecule has 0 fully saturated rings. The summed E-state index contributed by atoms with van der Waals surface area (Å²) in [5.74, 6) is 1.11. The van der Waals surface area contributed by atoms with E-state index in [0.717, 1.165) is 6.42 Å². The highest BCUT2D eigenvalue weighted by Gasteiger charge is 2.30. The van der Waals surface area contributed by atoms with E-state index in [9.17, 15) is 9.36 Å².